The van der Waals surface area contributed by atoms with Gasteiger partial charge >= 0.3 is 0 Å². The first kappa shape index (κ1) is 20.7. The van der Waals surface area contributed by atoms with Gasteiger partial charge in [0.15, 0.2) is 0 Å². The van der Waals surface area contributed by atoms with E-state index in [4.69, 9.17) is 16.3 Å². The SMILES string of the molecule is O=C(NCC1CCC2(CCN(C(=O)c3ccc(Cl)cc3)CC2)O1)C1CCCCC1. The Morgan fingerprint density at radius 2 is 1.72 bits per heavy atom. The molecule has 0 aromatic heterocycles. The van der Waals surface area contributed by atoms with Crippen LogP contribution in [0.1, 0.15) is 68.1 Å². The number of hydrogen-bond donors (Lipinski definition) is 1. The van der Waals surface area contributed by atoms with Gasteiger partial charge in [-0.2, -0.15) is 0 Å². The van der Waals surface area contributed by atoms with E-state index in [1.165, 1.54) is 19.3 Å². The molecule has 4 rings (SSSR count). The molecular formula is C23H31ClN2O3. The van der Waals surface area contributed by atoms with Gasteiger partial charge in [0, 0.05) is 36.1 Å². The Labute approximate surface area is 178 Å². The maximum Gasteiger partial charge on any atom is 0.253 e. The highest BCUT2D eigenvalue weighted by molar-refractivity contribution is 6.30. The van der Waals surface area contributed by atoms with Crippen molar-refractivity contribution in [1.82, 2.24) is 10.2 Å². The quantitative estimate of drug-likeness (QED) is 0.797. The number of carbonyl (C=O) groups excluding carboxylic acids is 2. The van der Waals surface area contributed by atoms with Crippen molar-refractivity contribution in [3.63, 3.8) is 0 Å². The fraction of sp³-hybridized carbons (Fsp3) is 0.652. The maximum absolute atomic E-state index is 12.7. The van der Waals surface area contributed by atoms with Crippen molar-refractivity contribution in [2.24, 2.45) is 5.92 Å². The van der Waals surface area contributed by atoms with E-state index in [0.29, 0.717) is 30.2 Å². The summed E-state index contributed by atoms with van der Waals surface area (Å²) in [6.45, 7) is 2.04. The van der Waals surface area contributed by atoms with Crippen molar-refractivity contribution in [2.45, 2.75) is 69.5 Å². The summed E-state index contributed by atoms with van der Waals surface area (Å²) in [5, 5.41) is 3.77. The van der Waals surface area contributed by atoms with Crippen LogP contribution in [0.3, 0.4) is 0 Å². The molecular weight excluding hydrogens is 388 g/mol. The highest BCUT2D eigenvalue weighted by atomic mass is 35.5. The third kappa shape index (κ3) is 4.95. The molecule has 2 saturated heterocycles. The van der Waals surface area contributed by atoms with E-state index in [1.807, 2.05) is 4.90 Å². The molecule has 1 unspecified atom stereocenters. The third-order valence-electron chi connectivity index (χ3n) is 6.87. The first-order chi connectivity index (χ1) is 14.0. The normalized spacial score (nSPS) is 24.6. The van der Waals surface area contributed by atoms with Crippen LogP contribution >= 0.6 is 11.6 Å². The van der Waals surface area contributed by atoms with Crippen LogP contribution in [0.15, 0.2) is 24.3 Å². The van der Waals surface area contributed by atoms with Crippen LogP contribution < -0.4 is 5.32 Å². The number of rotatable bonds is 4. The lowest BCUT2D eigenvalue weighted by Crippen LogP contribution is -2.47. The molecule has 0 radical (unpaired) electrons. The van der Waals surface area contributed by atoms with E-state index in [9.17, 15) is 9.59 Å². The molecule has 3 fully saturated rings. The Morgan fingerprint density at radius 1 is 1.03 bits per heavy atom. The fourth-order valence-corrected chi connectivity index (χ4v) is 5.15. The van der Waals surface area contributed by atoms with Crippen molar-refractivity contribution in [2.75, 3.05) is 19.6 Å². The molecule has 1 N–H and O–H groups in total. The second-order valence-electron chi connectivity index (χ2n) is 8.84. The molecule has 1 aromatic carbocycles. The standard InChI is InChI=1S/C23H31ClN2O3/c24-19-8-6-18(7-9-19)22(28)26-14-12-23(13-15-26)11-10-20(29-23)16-25-21(27)17-4-2-1-3-5-17/h6-9,17,20H,1-5,10-16H2,(H,25,27). The summed E-state index contributed by atoms with van der Waals surface area (Å²) in [5.74, 6) is 0.463. The first-order valence-electron chi connectivity index (χ1n) is 11.1. The van der Waals surface area contributed by atoms with Gasteiger partial charge in [-0.05, 0) is 62.8 Å². The predicted octanol–water partition coefficient (Wildman–Crippen LogP) is 4.19. The molecule has 158 valence electrons. The second-order valence-corrected chi connectivity index (χ2v) is 9.28. The molecule has 1 atom stereocenters. The molecule has 1 aromatic rings. The van der Waals surface area contributed by atoms with Crippen LogP contribution in [0.4, 0.5) is 0 Å². The Morgan fingerprint density at radius 3 is 2.41 bits per heavy atom. The van der Waals surface area contributed by atoms with Gasteiger partial charge in [0.2, 0.25) is 5.91 Å². The predicted molar refractivity (Wildman–Crippen MR) is 113 cm³/mol. The zero-order valence-corrected chi connectivity index (χ0v) is 17.8. The van der Waals surface area contributed by atoms with E-state index in [-0.39, 0.29) is 29.4 Å². The van der Waals surface area contributed by atoms with Crippen LogP contribution in [-0.2, 0) is 9.53 Å². The summed E-state index contributed by atoms with van der Waals surface area (Å²) in [6, 6.07) is 7.08. The van der Waals surface area contributed by atoms with Gasteiger partial charge in [-0.3, -0.25) is 9.59 Å². The van der Waals surface area contributed by atoms with Crippen molar-refractivity contribution >= 4 is 23.4 Å². The highest BCUT2D eigenvalue weighted by Crippen LogP contribution is 2.39. The number of piperidine rings is 1. The summed E-state index contributed by atoms with van der Waals surface area (Å²) in [6.07, 6.45) is 9.47. The first-order valence-corrected chi connectivity index (χ1v) is 11.4. The van der Waals surface area contributed by atoms with Crippen LogP contribution in [0.2, 0.25) is 5.02 Å². The minimum atomic E-state index is -0.128. The van der Waals surface area contributed by atoms with Gasteiger partial charge in [-0.15, -0.1) is 0 Å². The summed E-state index contributed by atoms with van der Waals surface area (Å²) < 4.78 is 6.41. The monoisotopic (exact) mass is 418 g/mol. The van der Waals surface area contributed by atoms with Crippen molar-refractivity contribution in [3.8, 4) is 0 Å². The molecule has 1 aliphatic carbocycles. The number of hydrogen-bond acceptors (Lipinski definition) is 3. The minimum Gasteiger partial charge on any atom is -0.370 e. The summed E-state index contributed by atoms with van der Waals surface area (Å²) in [4.78, 5) is 27.0. The topological polar surface area (TPSA) is 58.6 Å². The Hall–Kier alpha value is -1.59. The van der Waals surface area contributed by atoms with E-state index in [2.05, 4.69) is 5.32 Å². The average Bonchev–Trinajstić information content (AvgIpc) is 3.15. The van der Waals surface area contributed by atoms with Crippen molar-refractivity contribution < 1.29 is 14.3 Å². The number of nitrogens with zero attached hydrogens (tertiary/aromatic N) is 1. The lowest BCUT2D eigenvalue weighted by atomic mass is 9.88. The van der Waals surface area contributed by atoms with Crippen LogP contribution in [-0.4, -0.2) is 48.1 Å². The lowest BCUT2D eigenvalue weighted by Gasteiger charge is -2.39. The van der Waals surface area contributed by atoms with Gasteiger partial charge in [0.25, 0.3) is 5.91 Å². The molecule has 2 aliphatic heterocycles. The molecule has 2 heterocycles. The van der Waals surface area contributed by atoms with Gasteiger partial charge in [-0.25, -0.2) is 0 Å². The number of nitrogens with one attached hydrogen (secondary N) is 1. The molecule has 1 saturated carbocycles. The van der Waals surface area contributed by atoms with Crippen LogP contribution in [0.25, 0.3) is 0 Å². The zero-order valence-electron chi connectivity index (χ0n) is 17.0. The highest BCUT2D eigenvalue weighted by Gasteiger charge is 2.43. The molecule has 1 spiro atoms. The Kier molecular flexibility index (Phi) is 6.45. The van der Waals surface area contributed by atoms with Crippen molar-refractivity contribution in [1.29, 1.82) is 0 Å². The van der Waals surface area contributed by atoms with E-state index in [0.717, 1.165) is 38.5 Å². The lowest BCUT2D eigenvalue weighted by molar-refractivity contribution is -0.127. The van der Waals surface area contributed by atoms with Crippen molar-refractivity contribution in [3.05, 3.63) is 34.9 Å². The molecule has 29 heavy (non-hydrogen) atoms. The largest absolute Gasteiger partial charge is 0.370 e. The number of likely N-dealkylation sites (tertiary alicyclic amines) is 1. The molecule has 0 bridgehead atoms. The number of carbonyl (C=O) groups is 2. The molecule has 3 aliphatic rings. The molecule has 2 amide bonds. The van der Waals surface area contributed by atoms with Crippen LogP contribution in [0.5, 0.6) is 0 Å². The summed E-state index contributed by atoms with van der Waals surface area (Å²) in [7, 11) is 0. The number of halogens is 1. The van der Waals surface area contributed by atoms with Gasteiger partial charge in [-0.1, -0.05) is 30.9 Å². The minimum absolute atomic E-state index is 0.0609. The average molecular weight is 419 g/mol. The summed E-state index contributed by atoms with van der Waals surface area (Å²) >= 11 is 5.92. The fourth-order valence-electron chi connectivity index (χ4n) is 5.02. The number of benzene rings is 1. The number of amides is 2. The van der Waals surface area contributed by atoms with Crippen LogP contribution in [0, 0.1) is 5.92 Å². The maximum atomic E-state index is 12.7. The van der Waals surface area contributed by atoms with E-state index < -0.39 is 0 Å². The second kappa shape index (κ2) is 9.05. The third-order valence-corrected chi connectivity index (χ3v) is 7.12. The van der Waals surface area contributed by atoms with E-state index >= 15 is 0 Å². The summed E-state index contributed by atoms with van der Waals surface area (Å²) in [5.41, 5.74) is 0.554. The smallest absolute Gasteiger partial charge is 0.253 e. The van der Waals surface area contributed by atoms with Gasteiger partial charge in [0.1, 0.15) is 0 Å². The Balaban J connectivity index is 1.23. The van der Waals surface area contributed by atoms with E-state index in [1.54, 1.807) is 24.3 Å². The Bertz CT molecular complexity index is 722. The zero-order chi connectivity index (χ0) is 20.3. The number of ether oxygens (including phenoxy) is 1. The van der Waals surface area contributed by atoms with Gasteiger partial charge in [0.05, 0.1) is 11.7 Å². The molecule has 5 nitrogen and oxygen atoms in total. The molecule has 6 heteroatoms. The van der Waals surface area contributed by atoms with Gasteiger partial charge < -0.3 is 15.0 Å².